The molecule has 2 saturated heterocycles. The molecule has 2 heterocycles. The van der Waals surface area contributed by atoms with Gasteiger partial charge in [0.05, 0.1) is 0 Å². The zero-order valence-corrected chi connectivity index (χ0v) is 12.7. The van der Waals surface area contributed by atoms with E-state index in [0.29, 0.717) is 11.8 Å². The molecule has 0 bridgehead atoms. The van der Waals surface area contributed by atoms with Crippen LogP contribution in [0.2, 0.25) is 0 Å². The molecule has 0 aromatic heterocycles. The number of hydrogen-bond acceptors (Lipinski definition) is 5. The summed E-state index contributed by atoms with van der Waals surface area (Å²) in [6.45, 7) is 5.87. The molecule has 2 aliphatic heterocycles. The molecular formula is C16H23N3O3. The van der Waals surface area contributed by atoms with Crippen molar-refractivity contribution in [1.29, 1.82) is 0 Å². The van der Waals surface area contributed by atoms with Crippen LogP contribution in [0.4, 0.5) is 0 Å². The number of carbonyl (C=O) groups is 1. The molecule has 120 valence electrons. The fourth-order valence-electron chi connectivity index (χ4n) is 3.09. The summed E-state index contributed by atoms with van der Waals surface area (Å²) in [4.78, 5) is 16.6. The number of phenolic OH excluding ortho intramolecular Hbond substituents is 1. The second-order valence-electron chi connectivity index (χ2n) is 5.85. The molecular weight excluding hydrogens is 282 g/mol. The highest BCUT2D eigenvalue weighted by atomic mass is 16.5. The summed E-state index contributed by atoms with van der Waals surface area (Å²) in [5.74, 6) is 0.826. The molecule has 0 radical (unpaired) electrons. The summed E-state index contributed by atoms with van der Waals surface area (Å²) >= 11 is 0. The van der Waals surface area contributed by atoms with Gasteiger partial charge in [-0.2, -0.15) is 0 Å². The Kier molecular flexibility index (Phi) is 4.80. The van der Waals surface area contributed by atoms with Crippen molar-refractivity contribution in [2.24, 2.45) is 0 Å². The molecule has 0 spiro atoms. The summed E-state index contributed by atoms with van der Waals surface area (Å²) in [5, 5.41) is 12.6. The molecule has 22 heavy (non-hydrogen) atoms. The lowest BCUT2D eigenvalue weighted by atomic mass is 10.2. The van der Waals surface area contributed by atoms with E-state index in [-0.39, 0.29) is 18.3 Å². The van der Waals surface area contributed by atoms with Gasteiger partial charge in [0.2, 0.25) is 0 Å². The molecule has 2 fully saturated rings. The maximum Gasteiger partial charge on any atom is 0.260 e. The topological polar surface area (TPSA) is 65.0 Å². The Morgan fingerprint density at radius 2 is 1.95 bits per heavy atom. The third kappa shape index (κ3) is 3.69. The van der Waals surface area contributed by atoms with Crippen LogP contribution in [0.1, 0.15) is 6.42 Å². The first-order chi connectivity index (χ1) is 10.7. The Morgan fingerprint density at radius 3 is 2.68 bits per heavy atom. The Morgan fingerprint density at radius 1 is 1.23 bits per heavy atom. The Bertz CT molecular complexity index is 500. The molecule has 0 aliphatic carbocycles. The molecule has 1 aromatic carbocycles. The van der Waals surface area contributed by atoms with Crippen LogP contribution >= 0.6 is 0 Å². The third-order valence-electron chi connectivity index (χ3n) is 4.38. The summed E-state index contributed by atoms with van der Waals surface area (Å²) in [6.07, 6.45) is 1.05. The van der Waals surface area contributed by atoms with Crippen molar-refractivity contribution < 1.29 is 14.6 Å². The maximum atomic E-state index is 12.2. The third-order valence-corrected chi connectivity index (χ3v) is 4.38. The van der Waals surface area contributed by atoms with E-state index >= 15 is 0 Å². The number of amides is 1. The number of piperazine rings is 1. The second-order valence-corrected chi connectivity index (χ2v) is 5.85. The van der Waals surface area contributed by atoms with Crippen molar-refractivity contribution in [2.45, 2.75) is 12.5 Å². The number of nitrogens with zero attached hydrogens (tertiary/aromatic N) is 2. The lowest BCUT2D eigenvalue weighted by Gasteiger charge is -2.32. The van der Waals surface area contributed by atoms with Crippen molar-refractivity contribution >= 4 is 5.91 Å². The molecule has 1 aromatic rings. The number of ether oxygens (including phenoxy) is 1. The molecule has 2 N–H and O–H groups in total. The van der Waals surface area contributed by atoms with Crippen LogP contribution in [0.3, 0.4) is 0 Å². The first-order valence-corrected chi connectivity index (χ1v) is 7.87. The Hall–Kier alpha value is -1.79. The van der Waals surface area contributed by atoms with Gasteiger partial charge in [0.25, 0.3) is 5.91 Å². The van der Waals surface area contributed by atoms with Gasteiger partial charge >= 0.3 is 0 Å². The molecule has 6 nitrogen and oxygen atoms in total. The van der Waals surface area contributed by atoms with Crippen LogP contribution in [0.15, 0.2) is 24.3 Å². The van der Waals surface area contributed by atoms with E-state index in [1.165, 1.54) is 0 Å². The number of carbonyl (C=O) groups excluding carboxylic acids is 1. The summed E-state index contributed by atoms with van der Waals surface area (Å²) in [7, 11) is 0. The zero-order chi connectivity index (χ0) is 15.4. The SMILES string of the molecule is O=C(COc1ccc(O)cc1)N1CCC(N2CCNCC2)C1. The highest BCUT2D eigenvalue weighted by Gasteiger charge is 2.30. The zero-order valence-electron chi connectivity index (χ0n) is 12.7. The number of benzene rings is 1. The van der Waals surface area contributed by atoms with Gasteiger partial charge in [0.1, 0.15) is 11.5 Å². The van der Waals surface area contributed by atoms with Gasteiger partial charge in [-0.15, -0.1) is 0 Å². The van der Waals surface area contributed by atoms with Crippen molar-refractivity contribution in [1.82, 2.24) is 15.1 Å². The normalized spacial score (nSPS) is 22.7. The fourth-order valence-corrected chi connectivity index (χ4v) is 3.09. The van der Waals surface area contributed by atoms with Crippen LogP contribution in [0.25, 0.3) is 0 Å². The molecule has 6 heteroatoms. The highest BCUT2D eigenvalue weighted by molar-refractivity contribution is 5.78. The highest BCUT2D eigenvalue weighted by Crippen LogP contribution is 2.18. The molecule has 0 saturated carbocycles. The van der Waals surface area contributed by atoms with Gasteiger partial charge in [0, 0.05) is 45.3 Å². The van der Waals surface area contributed by atoms with E-state index in [0.717, 1.165) is 45.7 Å². The molecule has 3 rings (SSSR count). The average Bonchev–Trinajstić information content (AvgIpc) is 3.05. The van der Waals surface area contributed by atoms with E-state index in [1.807, 2.05) is 4.90 Å². The predicted octanol–water partition coefficient (Wildman–Crippen LogP) is 0.277. The van der Waals surface area contributed by atoms with Crippen molar-refractivity contribution in [3.05, 3.63) is 24.3 Å². The van der Waals surface area contributed by atoms with Crippen LogP contribution in [-0.2, 0) is 4.79 Å². The van der Waals surface area contributed by atoms with Crippen molar-refractivity contribution in [3.63, 3.8) is 0 Å². The maximum absolute atomic E-state index is 12.2. The monoisotopic (exact) mass is 305 g/mol. The first-order valence-electron chi connectivity index (χ1n) is 7.87. The minimum atomic E-state index is 0.0331. The Balaban J connectivity index is 1.45. The van der Waals surface area contributed by atoms with E-state index in [2.05, 4.69) is 10.2 Å². The van der Waals surface area contributed by atoms with E-state index < -0.39 is 0 Å². The largest absolute Gasteiger partial charge is 0.508 e. The van der Waals surface area contributed by atoms with Gasteiger partial charge in [-0.1, -0.05) is 0 Å². The molecule has 2 aliphatic rings. The summed E-state index contributed by atoms with van der Waals surface area (Å²) in [6, 6.07) is 6.91. The second kappa shape index (κ2) is 6.98. The average molecular weight is 305 g/mol. The van der Waals surface area contributed by atoms with Crippen molar-refractivity contribution in [2.75, 3.05) is 45.9 Å². The molecule has 1 atom stereocenters. The predicted molar refractivity (Wildman–Crippen MR) is 83.0 cm³/mol. The number of nitrogens with one attached hydrogen (secondary N) is 1. The summed E-state index contributed by atoms with van der Waals surface area (Å²) in [5.41, 5.74) is 0. The van der Waals surface area contributed by atoms with Gasteiger partial charge < -0.3 is 20.1 Å². The standard InChI is InChI=1S/C16H23N3O3/c20-14-1-3-15(4-2-14)22-12-16(21)19-8-5-13(11-19)18-9-6-17-7-10-18/h1-4,13,17,20H,5-12H2. The van der Waals surface area contributed by atoms with Crippen LogP contribution < -0.4 is 10.1 Å². The minimum absolute atomic E-state index is 0.0331. The Labute approximate surface area is 130 Å². The quantitative estimate of drug-likeness (QED) is 0.836. The van der Waals surface area contributed by atoms with E-state index in [1.54, 1.807) is 24.3 Å². The van der Waals surface area contributed by atoms with Gasteiger partial charge in [0.15, 0.2) is 6.61 Å². The van der Waals surface area contributed by atoms with Gasteiger partial charge in [-0.25, -0.2) is 0 Å². The van der Waals surface area contributed by atoms with E-state index in [4.69, 9.17) is 4.74 Å². The number of hydrogen-bond donors (Lipinski definition) is 2. The van der Waals surface area contributed by atoms with Crippen LogP contribution in [-0.4, -0.2) is 72.7 Å². The van der Waals surface area contributed by atoms with Crippen molar-refractivity contribution in [3.8, 4) is 11.5 Å². The van der Waals surface area contributed by atoms with Crippen LogP contribution in [0, 0.1) is 0 Å². The number of likely N-dealkylation sites (tertiary alicyclic amines) is 1. The van der Waals surface area contributed by atoms with E-state index in [9.17, 15) is 9.90 Å². The molecule has 1 unspecified atom stereocenters. The number of phenols is 1. The molecule has 1 amide bonds. The van der Waals surface area contributed by atoms with Gasteiger partial charge in [-0.05, 0) is 30.7 Å². The van der Waals surface area contributed by atoms with Crippen LogP contribution in [0.5, 0.6) is 11.5 Å². The lowest BCUT2D eigenvalue weighted by molar-refractivity contribution is -0.132. The smallest absolute Gasteiger partial charge is 0.260 e. The lowest BCUT2D eigenvalue weighted by Crippen LogP contribution is -2.49. The minimum Gasteiger partial charge on any atom is -0.508 e. The summed E-state index contributed by atoms with van der Waals surface area (Å²) < 4.78 is 5.49. The fraction of sp³-hybridized carbons (Fsp3) is 0.562. The number of aromatic hydroxyl groups is 1. The first kappa shape index (κ1) is 15.1. The number of rotatable bonds is 4. The van der Waals surface area contributed by atoms with Gasteiger partial charge in [-0.3, -0.25) is 9.69 Å².